The second kappa shape index (κ2) is 4.85. The molecule has 4 rings (SSSR count). The zero-order chi connectivity index (χ0) is 14.4. The maximum absolute atomic E-state index is 3.77. The maximum Gasteiger partial charge on any atom is 0.0296 e. The summed E-state index contributed by atoms with van der Waals surface area (Å²) in [5.41, 5.74) is 5.43. The highest BCUT2D eigenvalue weighted by Crippen LogP contribution is 2.42. The molecule has 1 unspecified atom stereocenters. The van der Waals surface area contributed by atoms with Crippen molar-refractivity contribution in [1.29, 1.82) is 0 Å². The predicted molar refractivity (Wildman–Crippen MR) is 93.7 cm³/mol. The van der Waals surface area contributed by atoms with E-state index in [-0.39, 0.29) is 0 Å². The normalized spacial score (nSPS) is 16.4. The molecule has 0 spiro atoms. The van der Waals surface area contributed by atoms with Crippen LogP contribution in [0.4, 0.5) is 0 Å². The summed E-state index contributed by atoms with van der Waals surface area (Å²) in [5, 5.41) is 2.68. The van der Waals surface area contributed by atoms with Crippen LogP contribution in [-0.2, 0) is 0 Å². The Morgan fingerprint density at radius 2 is 1.71 bits per heavy atom. The Morgan fingerprint density at radius 3 is 2.62 bits per heavy atom. The summed E-state index contributed by atoms with van der Waals surface area (Å²) in [5.74, 6) is 0.334. The number of halogens is 1. The van der Waals surface area contributed by atoms with Crippen LogP contribution < -0.4 is 0 Å². The lowest BCUT2D eigenvalue weighted by atomic mass is 9.88. The Labute approximate surface area is 133 Å². The summed E-state index contributed by atoms with van der Waals surface area (Å²) in [6.45, 7) is 2.18. The Hall–Kier alpha value is -1.86. The second-order valence-corrected chi connectivity index (χ2v) is 6.45. The highest BCUT2D eigenvalue weighted by atomic mass is 79.9. The molecule has 1 aliphatic carbocycles. The average Bonchev–Trinajstić information content (AvgIpc) is 2.91. The van der Waals surface area contributed by atoms with E-state index in [4.69, 9.17) is 0 Å². The van der Waals surface area contributed by atoms with E-state index < -0.39 is 0 Å². The fraction of sp³-hybridized carbons (Fsp3) is 0.100. The molecule has 0 heterocycles. The first-order valence-corrected chi connectivity index (χ1v) is 8.00. The van der Waals surface area contributed by atoms with E-state index in [9.17, 15) is 0 Å². The van der Waals surface area contributed by atoms with Gasteiger partial charge in [-0.2, -0.15) is 0 Å². The van der Waals surface area contributed by atoms with Crippen LogP contribution in [0, 0.1) is 6.92 Å². The largest absolute Gasteiger partial charge is 0.0720 e. The Morgan fingerprint density at radius 1 is 0.857 bits per heavy atom. The molecule has 0 nitrogen and oxygen atoms in total. The number of allylic oxidation sites excluding steroid dienone is 1. The zero-order valence-corrected chi connectivity index (χ0v) is 13.4. The molecule has 0 saturated carbocycles. The minimum absolute atomic E-state index is 0.334. The van der Waals surface area contributed by atoms with Gasteiger partial charge in [0.05, 0.1) is 0 Å². The third-order valence-electron chi connectivity index (χ3n) is 4.38. The number of fused-ring (bicyclic) bond motifs is 2. The van der Waals surface area contributed by atoms with Crippen molar-refractivity contribution in [2.45, 2.75) is 12.8 Å². The topological polar surface area (TPSA) is 0 Å². The fourth-order valence-electron chi connectivity index (χ4n) is 3.33. The third-order valence-corrected chi connectivity index (χ3v) is 5.07. The quantitative estimate of drug-likeness (QED) is 0.506. The summed E-state index contributed by atoms with van der Waals surface area (Å²) in [4.78, 5) is 0. The number of rotatable bonds is 1. The van der Waals surface area contributed by atoms with E-state index in [1.54, 1.807) is 0 Å². The van der Waals surface area contributed by atoms with Gasteiger partial charge >= 0.3 is 0 Å². The molecule has 0 aromatic heterocycles. The molecule has 3 aromatic carbocycles. The van der Waals surface area contributed by atoms with Crippen LogP contribution in [0.3, 0.4) is 0 Å². The van der Waals surface area contributed by atoms with E-state index >= 15 is 0 Å². The van der Waals surface area contributed by atoms with Crippen LogP contribution in [0.1, 0.15) is 28.2 Å². The Balaban J connectivity index is 2.02. The number of aryl methyl sites for hydroxylation is 1. The lowest BCUT2D eigenvalue weighted by Crippen LogP contribution is -1.99. The number of hydrogen-bond donors (Lipinski definition) is 0. The summed E-state index contributed by atoms with van der Waals surface area (Å²) < 4.78 is 1.19. The molecule has 0 N–H and O–H groups in total. The maximum atomic E-state index is 3.77. The molecular formula is C20H15Br. The van der Waals surface area contributed by atoms with E-state index in [1.807, 2.05) is 0 Å². The van der Waals surface area contributed by atoms with Gasteiger partial charge in [0.15, 0.2) is 0 Å². The standard InChI is InChI=1S/C20H15Br/c1-13-5-4-8-17-15(13)11-12-19(21)20(17)18-10-9-14-6-2-3-7-16(14)18/h2-12,18H,1H3. The lowest BCUT2D eigenvalue weighted by Gasteiger charge is -2.17. The Bertz CT molecular complexity index is 874. The summed E-state index contributed by atoms with van der Waals surface area (Å²) in [7, 11) is 0. The molecule has 102 valence electrons. The minimum Gasteiger partial charge on any atom is -0.0720 e. The second-order valence-electron chi connectivity index (χ2n) is 5.60. The lowest BCUT2D eigenvalue weighted by molar-refractivity contribution is 1.06. The van der Waals surface area contributed by atoms with Crippen LogP contribution in [-0.4, -0.2) is 0 Å². The molecule has 0 saturated heterocycles. The first-order chi connectivity index (χ1) is 10.3. The molecule has 21 heavy (non-hydrogen) atoms. The minimum atomic E-state index is 0.334. The molecule has 1 atom stereocenters. The van der Waals surface area contributed by atoms with Gasteiger partial charge in [-0.15, -0.1) is 0 Å². The van der Waals surface area contributed by atoms with Gasteiger partial charge in [0.1, 0.15) is 0 Å². The Kier molecular flexibility index (Phi) is 2.97. The van der Waals surface area contributed by atoms with Gasteiger partial charge < -0.3 is 0 Å². The average molecular weight is 335 g/mol. The highest BCUT2D eigenvalue weighted by Gasteiger charge is 2.22. The molecule has 0 amide bonds. The van der Waals surface area contributed by atoms with Gasteiger partial charge in [0.25, 0.3) is 0 Å². The zero-order valence-electron chi connectivity index (χ0n) is 11.8. The molecule has 0 bridgehead atoms. The van der Waals surface area contributed by atoms with Crippen LogP contribution in [0.15, 0.2) is 65.1 Å². The van der Waals surface area contributed by atoms with Crippen molar-refractivity contribution < 1.29 is 0 Å². The van der Waals surface area contributed by atoms with Crippen LogP contribution in [0.5, 0.6) is 0 Å². The monoisotopic (exact) mass is 334 g/mol. The first kappa shape index (κ1) is 12.8. The SMILES string of the molecule is Cc1cccc2c(C3C=Cc4ccccc43)c(Br)ccc12. The van der Waals surface area contributed by atoms with Crippen molar-refractivity contribution in [2.75, 3.05) is 0 Å². The summed E-state index contributed by atoms with van der Waals surface area (Å²) in [6.07, 6.45) is 4.55. The number of benzene rings is 3. The summed E-state index contributed by atoms with van der Waals surface area (Å²) >= 11 is 3.77. The van der Waals surface area contributed by atoms with Crippen molar-refractivity contribution in [1.82, 2.24) is 0 Å². The molecule has 0 fully saturated rings. The van der Waals surface area contributed by atoms with Crippen molar-refractivity contribution >= 4 is 32.8 Å². The molecule has 1 aliphatic rings. The fourth-order valence-corrected chi connectivity index (χ4v) is 3.92. The van der Waals surface area contributed by atoms with E-state index in [0.717, 1.165) is 0 Å². The number of hydrogen-bond acceptors (Lipinski definition) is 0. The van der Waals surface area contributed by atoms with Crippen LogP contribution in [0.25, 0.3) is 16.8 Å². The predicted octanol–water partition coefficient (Wildman–Crippen LogP) is 6.07. The molecule has 0 aliphatic heterocycles. The molecular weight excluding hydrogens is 320 g/mol. The van der Waals surface area contributed by atoms with E-state index in [1.165, 1.54) is 37.5 Å². The molecule has 1 heteroatoms. The first-order valence-electron chi connectivity index (χ1n) is 7.20. The van der Waals surface area contributed by atoms with Crippen LogP contribution in [0.2, 0.25) is 0 Å². The van der Waals surface area contributed by atoms with Gasteiger partial charge in [0, 0.05) is 10.4 Å². The van der Waals surface area contributed by atoms with Crippen molar-refractivity contribution in [3.8, 4) is 0 Å². The van der Waals surface area contributed by atoms with Gasteiger partial charge in [0.2, 0.25) is 0 Å². The van der Waals surface area contributed by atoms with Crippen LogP contribution >= 0.6 is 15.9 Å². The highest BCUT2D eigenvalue weighted by molar-refractivity contribution is 9.10. The van der Waals surface area contributed by atoms with Gasteiger partial charge in [-0.1, -0.05) is 76.6 Å². The smallest absolute Gasteiger partial charge is 0.0296 e. The van der Waals surface area contributed by atoms with Crippen molar-refractivity contribution in [3.05, 3.63) is 87.4 Å². The van der Waals surface area contributed by atoms with Crippen molar-refractivity contribution in [3.63, 3.8) is 0 Å². The van der Waals surface area contributed by atoms with Crippen molar-refractivity contribution in [2.24, 2.45) is 0 Å². The van der Waals surface area contributed by atoms with Gasteiger partial charge in [-0.25, -0.2) is 0 Å². The summed E-state index contributed by atoms with van der Waals surface area (Å²) in [6, 6.07) is 19.6. The van der Waals surface area contributed by atoms with E-state index in [0.29, 0.717) is 5.92 Å². The molecule has 3 aromatic rings. The van der Waals surface area contributed by atoms with Gasteiger partial charge in [-0.3, -0.25) is 0 Å². The van der Waals surface area contributed by atoms with E-state index in [2.05, 4.69) is 89.6 Å². The van der Waals surface area contributed by atoms with Gasteiger partial charge in [-0.05, 0) is 46.0 Å². The third kappa shape index (κ3) is 1.96. The molecule has 0 radical (unpaired) electrons.